The van der Waals surface area contributed by atoms with Crippen LogP contribution < -0.4 is 0 Å². The van der Waals surface area contributed by atoms with Crippen LogP contribution in [-0.2, 0) is 9.84 Å². The zero-order chi connectivity index (χ0) is 12.5. The number of benzene rings is 1. The van der Waals surface area contributed by atoms with Crippen molar-refractivity contribution in [2.45, 2.75) is 18.7 Å². The SMILES string of the molecule is Cc1cc(C(Br)CS(C)(=O)=O)c(C)cc1Cl. The normalized spacial score (nSPS) is 13.8. The number of halogens is 2. The molecule has 0 saturated heterocycles. The van der Waals surface area contributed by atoms with Crippen LogP contribution >= 0.6 is 27.5 Å². The Hall–Kier alpha value is -0.0600. The Morgan fingerprint density at radius 3 is 2.38 bits per heavy atom. The van der Waals surface area contributed by atoms with Crippen molar-refractivity contribution in [2.24, 2.45) is 0 Å². The zero-order valence-corrected chi connectivity index (χ0v) is 12.6. The van der Waals surface area contributed by atoms with Crippen molar-refractivity contribution in [1.29, 1.82) is 0 Å². The predicted octanol–water partition coefficient (Wildman–Crippen LogP) is 3.44. The van der Waals surface area contributed by atoms with Gasteiger partial charge in [0, 0.05) is 11.3 Å². The second-order valence-electron chi connectivity index (χ2n) is 4.02. The molecule has 0 N–H and O–H groups in total. The van der Waals surface area contributed by atoms with Crippen LogP contribution in [0.5, 0.6) is 0 Å². The van der Waals surface area contributed by atoms with Crippen LogP contribution in [0.25, 0.3) is 0 Å². The number of hydrogen-bond donors (Lipinski definition) is 0. The van der Waals surface area contributed by atoms with E-state index in [0.29, 0.717) is 5.02 Å². The number of aryl methyl sites for hydroxylation is 2. The van der Waals surface area contributed by atoms with Crippen LogP contribution in [-0.4, -0.2) is 20.4 Å². The highest BCUT2D eigenvalue weighted by molar-refractivity contribution is 9.09. The van der Waals surface area contributed by atoms with Crippen molar-refractivity contribution in [1.82, 2.24) is 0 Å². The van der Waals surface area contributed by atoms with E-state index in [0.717, 1.165) is 16.7 Å². The lowest BCUT2D eigenvalue weighted by Crippen LogP contribution is -2.09. The zero-order valence-electron chi connectivity index (χ0n) is 9.42. The molecule has 1 aromatic carbocycles. The van der Waals surface area contributed by atoms with Gasteiger partial charge in [0.05, 0.1) is 10.6 Å². The maximum Gasteiger partial charge on any atom is 0.148 e. The monoisotopic (exact) mass is 324 g/mol. The van der Waals surface area contributed by atoms with Gasteiger partial charge in [0.1, 0.15) is 9.84 Å². The maximum absolute atomic E-state index is 11.2. The lowest BCUT2D eigenvalue weighted by Gasteiger charge is -2.14. The smallest absolute Gasteiger partial charge is 0.148 e. The van der Waals surface area contributed by atoms with Gasteiger partial charge in [-0.1, -0.05) is 33.6 Å². The van der Waals surface area contributed by atoms with E-state index >= 15 is 0 Å². The fourth-order valence-corrected chi connectivity index (χ4v) is 4.36. The highest BCUT2D eigenvalue weighted by Crippen LogP contribution is 2.30. The Morgan fingerprint density at radius 1 is 1.31 bits per heavy atom. The Morgan fingerprint density at radius 2 is 1.88 bits per heavy atom. The van der Waals surface area contributed by atoms with E-state index in [1.165, 1.54) is 6.26 Å². The lowest BCUT2D eigenvalue weighted by atomic mass is 10.0. The molecule has 1 atom stereocenters. The van der Waals surface area contributed by atoms with E-state index in [9.17, 15) is 8.42 Å². The molecule has 0 aromatic heterocycles. The molecule has 0 aliphatic carbocycles. The van der Waals surface area contributed by atoms with Crippen molar-refractivity contribution in [3.63, 3.8) is 0 Å². The molecule has 1 aromatic rings. The second kappa shape index (κ2) is 5.07. The highest BCUT2D eigenvalue weighted by atomic mass is 79.9. The molecule has 0 aliphatic rings. The van der Waals surface area contributed by atoms with Crippen LogP contribution in [0.3, 0.4) is 0 Å². The first-order chi connectivity index (χ1) is 7.20. The molecule has 0 radical (unpaired) electrons. The molecular weight excluding hydrogens is 312 g/mol. The van der Waals surface area contributed by atoms with Crippen molar-refractivity contribution in [2.75, 3.05) is 12.0 Å². The molecule has 0 spiro atoms. The Balaban J connectivity index is 3.09. The first kappa shape index (κ1) is 14.0. The van der Waals surface area contributed by atoms with Crippen molar-refractivity contribution in [3.05, 3.63) is 33.8 Å². The van der Waals surface area contributed by atoms with Gasteiger partial charge in [0.15, 0.2) is 0 Å². The minimum Gasteiger partial charge on any atom is -0.229 e. The molecule has 0 fully saturated rings. The van der Waals surface area contributed by atoms with Gasteiger partial charge in [-0.25, -0.2) is 8.42 Å². The average Bonchev–Trinajstić information content (AvgIpc) is 2.08. The van der Waals surface area contributed by atoms with Crippen molar-refractivity contribution < 1.29 is 8.42 Å². The Bertz CT molecular complexity index is 497. The first-order valence-electron chi connectivity index (χ1n) is 4.79. The fourth-order valence-electron chi connectivity index (χ4n) is 1.50. The second-order valence-corrected chi connectivity index (χ2v) is 7.72. The lowest BCUT2D eigenvalue weighted by molar-refractivity contribution is 0.601. The van der Waals surface area contributed by atoms with Gasteiger partial charge in [0.25, 0.3) is 0 Å². The molecule has 0 bridgehead atoms. The molecule has 0 aliphatic heterocycles. The van der Waals surface area contributed by atoms with Gasteiger partial charge in [0.2, 0.25) is 0 Å². The Kier molecular flexibility index (Phi) is 4.43. The maximum atomic E-state index is 11.2. The number of rotatable bonds is 3. The summed E-state index contributed by atoms with van der Waals surface area (Å²) in [7, 11) is -2.99. The molecule has 0 saturated carbocycles. The third-order valence-electron chi connectivity index (χ3n) is 2.33. The molecular formula is C11H14BrClO2S. The van der Waals surface area contributed by atoms with Crippen molar-refractivity contribution in [3.8, 4) is 0 Å². The van der Waals surface area contributed by atoms with Crippen LogP contribution in [0.2, 0.25) is 5.02 Å². The van der Waals surface area contributed by atoms with E-state index in [2.05, 4.69) is 15.9 Å². The van der Waals surface area contributed by atoms with Crippen LogP contribution in [0.15, 0.2) is 12.1 Å². The predicted molar refractivity (Wildman–Crippen MR) is 72.3 cm³/mol. The number of alkyl halides is 1. The molecule has 2 nitrogen and oxygen atoms in total. The summed E-state index contributed by atoms with van der Waals surface area (Å²) in [6, 6.07) is 3.80. The van der Waals surface area contributed by atoms with E-state index in [1.807, 2.05) is 26.0 Å². The van der Waals surface area contributed by atoms with Crippen LogP contribution in [0.1, 0.15) is 21.5 Å². The van der Waals surface area contributed by atoms with Gasteiger partial charge < -0.3 is 0 Å². The van der Waals surface area contributed by atoms with Crippen LogP contribution in [0, 0.1) is 13.8 Å². The summed E-state index contributed by atoms with van der Waals surface area (Å²) in [6.45, 7) is 3.84. The van der Waals surface area contributed by atoms with E-state index in [1.54, 1.807) is 0 Å². The van der Waals surface area contributed by atoms with Gasteiger partial charge in [-0.3, -0.25) is 0 Å². The quantitative estimate of drug-likeness (QED) is 0.798. The van der Waals surface area contributed by atoms with Gasteiger partial charge in [-0.05, 0) is 36.6 Å². The minimum absolute atomic E-state index is 0.0922. The minimum atomic E-state index is -2.99. The third kappa shape index (κ3) is 3.75. The first-order valence-corrected chi connectivity index (χ1v) is 8.14. The topological polar surface area (TPSA) is 34.1 Å². The summed E-state index contributed by atoms with van der Waals surface area (Å²) >= 11 is 9.40. The molecule has 16 heavy (non-hydrogen) atoms. The van der Waals surface area contributed by atoms with Gasteiger partial charge in [-0.15, -0.1) is 0 Å². The molecule has 1 unspecified atom stereocenters. The molecule has 0 heterocycles. The summed E-state index contributed by atoms with van der Waals surface area (Å²) in [4.78, 5) is -0.182. The van der Waals surface area contributed by atoms with E-state index < -0.39 is 9.84 Å². The summed E-state index contributed by atoms with van der Waals surface area (Å²) in [5.74, 6) is 0.0922. The largest absolute Gasteiger partial charge is 0.229 e. The third-order valence-corrected chi connectivity index (χ3v) is 4.93. The molecule has 1 rings (SSSR count). The molecule has 0 amide bonds. The Labute approximate surface area is 110 Å². The van der Waals surface area contributed by atoms with Gasteiger partial charge in [-0.2, -0.15) is 0 Å². The highest BCUT2D eigenvalue weighted by Gasteiger charge is 2.17. The molecule has 5 heteroatoms. The summed E-state index contributed by atoms with van der Waals surface area (Å²) < 4.78 is 22.4. The van der Waals surface area contributed by atoms with Crippen LogP contribution in [0.4, 0.5) is 0 Å². The summed E-state index contributed by atoms with van der Waals surface area (Å²) in [6.07, 6.45) is 1.24. The van der Waals surface area contributed by atoms with E-state index in [4.69, 9.17) is 11.6 Å². The standard InChI is InChI=1S/C11H14BrClO2S/c1-7-5-11(13)8(2)4-9(7)10(12)6-16(3,14)15/h4-5,10H,6H2,1-3H3. The summed E-state index contributed by atoms with van der Waals surface area (Å²) in [5.41, 5.74) is 2.94. The number of hydrogen-bond acceptors (Lipinski definition) is 2. The van der Waals surface area contributed by atoms with Gasteiger partial charge >= 0.3 is 0 Å². The fraction of sp³-hybridized carbons (Fsp3) is 0.455. The van der Waals surface area contributed by atoms with E-state index in [-0.39, 0.29) is 10.6 Å². The number of sulfone groups is 1. The molecule has 90 valence electrons. The summed E-state index contributed by atoms with van der Waals surface area (Å²) in [5, 5.41) is 0.709. The average molecular weight is 326 g/mol. The van der Waals surface area contributed by atoms with Crippen molar-refractivity contribution >= 4 is 37.4 Å².